The first-order chi connectivity index (χ1) is 7.61. The van der Waals surface area contributed by atoms with Crippen molar-refractivity contribution in [1.82, 2.24) is 4.90 Å². The van der Waals surface area contributed by atoms with E-state index in [0.717, 1.165) is 0 Å². The minimum atomic E-state index is -0.251. The van der Waals surface area contributed by atoms with Crippen LogP contribution in [0, 0.1) is 0 Å². The lowest BCUT2D eigenvalue weighted by atomic mass is 10.1. The summed E-state index contributed by atoms with van der Waals surface area (Å²) in [5.74, 6) is 0.0243. The van der Waals surface area contributed by atoms with E-state index in [1.807, 2.05) is 4.90 Å². The van der Waals surface area contributed by atoms with Crippen molar-refractivity contribution < 1.29 is 19.1 Å². The minimum absolute atomic E-state index is 0.219. The van der Waals surface area contributed by atoms with Gasteiger partial charge in [0.05, 0.1) is 13.2 Å². The van der Waals surface area contributed by atoms with Crippen LogP contribution in [0.4, 0.5) is 0 Å². The van der Waals surface area contributed by atoms with Gasteiger partial charge >= 0.3 is 5.97 Å². The fraction of sp³-hybridized carbons (Fsp3) is 0.818. The number of rotatable bonds is 5. The van der Waals surface area contributed by atoms with Crippen molar-refractivity contribution in [2.75, 3.05) is 33.4 Å². The van der Waals surface area contributed by atoms with Gasteiger partial charge in [0.2, 0.25) is 0 Å². The third-order valence-electron chi connectivity index (χ3n) is 2.50. The lowest BCUT2D eigenvalue weighted by Crippen LogP contribution is -2.39. The molecule has 1 rings (SSSR count). The lowest BCUT2D eigenvalue weighted by molar-refractivity contribution is -0.152. The molecule has 5 nitrogen and oxygen atoms in total. The van der Waals surface area contributed by atoms with Crippen LogP contribution in [0.2, 0.25) is 0 Å². The molecule has 0 aromatic heterocycles. The fourth-order valence-electron chi connectivity index (χ4n) is 1.67. The van der Waals surface area contributed by atoms with E-state index in [4.69, 9.17) is 9.47 Å². The van der Waals surface area contributed by atoms with Gasteiger partial charge in [-0.2, -0.15) is 0 Å². The van der Waals surface area contributed by atoms with Crippen molar-refractivity contribution in [2.45, 2.75) is 25.9 Å². The standard InChI is InChI=1S/C11H19NO4/c1-9(8-15-2)16-11(14)7-12-5-3-10(13)4-6-12/h9H,3-8H2,1-2H3. The Labute approximate surface area is 95.7 Å². The molecule has 1 saturated heterocycles. The zero-order valence-corrected chi connectivity index (χ0v) is 9.90. The molecule has 0 N–H and O–H groups in total. The van der Waals surface area contributed by atoms with Crippen LogP contribution in [0.5, 0.6) is 0 Å². The highest BCUT2D eigenvalue weighted by Crippen LogP contribution is 2.05. The van der Waals surface area contributed by atoms with E-state index >= 15 is 0 Å². The van der Waals surface area contributed by atoms with Gasteiger partial charge in [0.25, 0.3) is 0 Å². The van der Waals surface area contributed by atoms with Crippen LogP contribution in [0.15, 0.2) is 0 Å². The average molecular weight is 229 g/mol. The van der Waals surface area contributed by atoms with E-state index in [0.29, 0.717) is 32.5 Å². The number of methoxy groups -OCH3 is 1. The van der Waals surface area contributed by atoms with E-state index in [-0.39, 0.29) is 24.4 Å². The van der Waals surface area contributed by atoms with E-state index < -0.39 is 0 Å². The summed E-state index contributed by atoms with van der Waals surface area (Å²) < 4.78 is 10.0. The molecule has 0 aromatic rings. The molecule has 1 atom stereocenters. The first-order valence-electron chi connectivity index (χ1n) is 5.54. The number of hydrogen-bond donors (Lipinski definition) is 0. The molecule has 1 fully saturated rings. The number of Topliss-reactive ketones (excluding diaryl/α,β-unsaturated/α-hetero) is 1. The number of piperidine rings is 1. The maximum atomic E-state index is 11.5. The highest BCUT2D eigenvalue weighted by Gasteiger charge is 2.19. The first kappa shape index (κ1) is 13.1. The molecular weight excluding hydrogens is 210 g/mol. The summed E-state index contributed by atoms with van der Waals surface area (Å²) in [7, 11) is 1.57. The summed E-state index contributed by atoms with van der Waals surface area (Å²) in [6, 6.07) is 0. The minimum Gasteiger partial charge on any atom is -0.459 e. The van der Waals surface area contributed by atoms with Crippen LogP contribution in [-0.2, 0) is 19.1 Å². The molecule has 0 aromatic carbocycles. The molecule has 1 aliphatic rings. The Morgan fingerprint density at radius 1 is 1.44 bits per heavy atom. The number of ketones is 1. The van der Waals surface area contributed by atoms with Gasteiger partial charge in [-0.25, -0.2) is 0 Å². The average Bonchev–Trinajstić information content (AvgIpc) is 2.21. The number of likely N-dealkylation sites (tertiary alicyclic amines) is 1. The van der Waals surface area contributed by atoms with Crippen molar-refractivity contribution >= 4 is 11.8 Å². The van der Waals surface area contributed by atoms with Crippen LogP contribution in [-0.4, -0.2) is 56.1 Å². The Balaban J connectivity index is 2.21. The molecule has 16 heavy (non-hydrogen) atoms. The van der Waals surface area contributed by atoms with Gasteiger partial charge in [-0.05, 0) is 6.92 Å². The maximum absolute atomic E-state index is 11.5. The highest BCUT2D eigenvalue weighted by atomic mass is 16.6. The van der Waals surface area contributed by atoms with Gasteiger partial charge < -0.3 is 9.47 Å². The second-order valence-corrected chi connectivity index (χ2v) is 4.07. The Morgan fingerprint density at radius 3 is 2.62 bits per heavy atom. The van der Waals surface area contributed by atoms with E-state index in [1.54, 1.807) is 14.0 Å². The first-order valence-corrected chi connectivity index (χ1v) is 5.54. The Hall–Kier alpha value is -0.940. The molecule has 0 bridgehead atoms. The van der Waals surface area contributed by atoms with Gasteiger partial charge in [0, 0.05) is 33.0 Å². The highest BCUT2D eigenvalue weighted by molar-refractivity contribution is 5.80. The van der Waals surface area contributed by atoms with Crippen LogP contribution in [0.3, 0.4) is 0 Å². The van der Waals surface area contributed by atoms with Gasteiger partial charge in [-0.3, -0.25) is 14.5 Å². The second kappa shape index (κ2) is 6.60. The Kier molecular flexibility index (Phi) is 5.42. The summed E-state index contributed by atoms with van der Waals surface area (Å²) in [6.07, 6.45) is 0.867. The predicted molar refractivity (Wildman–Crippen MR) is 58.1 cm³/mol. The maximum Gasteiger partial charge on any atom is 0.320 e. The zero-order valence-electron chi connectivity index (χ0n) is 9.90. The van der Waals surface area contributed by atoms with Crippen LogP contribution in [0.25, 0.3) is 0 Å². The molecule has 0 amide bonds. The number of carbonyl (C=O) groups is 2. The van der Waals surface area contributed by atoms with E-state index in [2.05, 4.69) is 0 Å². The Bertz CT molecular complexity index is 244. The monoisotopic (exact) mass is 229 g/mol. The number of hydrogen-bond acceptors (Lipinski definition) is 5. The summed E-state index contributed by atoms with van der Waals surface area (Å²) in [5, 5.41) is 0. The third kappa shape index (κ3) is 4.72. The molecular formula is C11H19NO4. The molecule has 5 heteroatoms. The summed E-state index contributed by atoms with van der Waals surface area (Å²) >= 11 is 0. The van der Waals surface area contributed by atoms with E-state index in [9.17, 15) is 9.59 Å². The van der Waals surface area contributed by atoms with Gasteiger partial charge in [0.15, 0.2) is 0 Å². The molecule has 1 heterocycles. The number of carbonyl (C=O) groups excluding carboxylic acids is 2. The molecule has 0 spiro atoms. The van der Waals surface area contributed by atoms with Crippen molar-refractivity contribution in [1.29, 1.82) is 0 Å². The quantitative estimate of drug-likeness (QED) is 0.632. The SMILES string of the molecule is COCC(C)OC(=O)CN1CCC(=O)CC1. The van der Waals surface area contributed by atoms with Crippen molar-refractivity contribution in [3.8, 4) is 0 Å². The van der Waals surface area contributed by atoms with Crippen LogP contribution in [0.1, 0.15) is 19.8 Å². The number of esters is 1. The van der Waals surface area contributed by atoms with Crippen LogP contribution >= 0.6 is 0 Å². The predicted octanol–water partition coefficient (Wildman–Crippen LogP) is 0.229. The van der Waals surface area contributed by atoms with Crippen molar-refractivity contribution in [3.05, 3.63) is 0 Å². The normalized spacial score (nSPS) is 19.5. The van der Waals surface area contributed by atoms with E-state index in [1.165, 1.54) is 0 Å². The fourth-order valence-corrected chi connectivity index (χ4v) is 1.67. The van der Waals surface area contributed by atoms with Crippen LogP contribution < -0.4 is 0 Å². The number of nitrogens with zero attached hydrogens (tertiary/aromatic N) is 1. The van der Waals surface area contributed by atoms with Gasteiger partial charge in [-0.15, -0.1) is 0 Å². The third-order valence-corrected chi connectivity index (χ3v) is 2.50. The molecule has 92 valence electrons. The van der Waals surface area contributed by atoms with Crippen molar-refractivity contribution in [3.63, 3.8) is 0 Å². The number of ether oxygens (including phenoxy) is 2. The molecule has 0 aliphatic carbocycles. The molecule has 0 saturated carbocycles. The summed E-state index contributed by atoms with van der Waals surface area (Å²) in [5.41, 5.74) is 0. The Morgan fingerprint density at radius 2 is 2.06 bits per heavy atom. The summed E-state index contributed by atoms with van der Waals surface area (Å²) in [6.45, 7) is 3.78. The lowest BCUT2D eigenvalue weighted by Gasteiger charge is -2.25. The van der Waals surface area contributed by atoms with Gasteiger partial charge in [-0.1, -0.05) is 0 Å². The molecule has 1 aliphatic heterocycles. The second-order valence-electron chi connectivity index (χ2n) is 4.07. The zero-order chi connectivity index (χ0) is 12.0. The summed E-state index contributed by atoms with van der Waals surface area (Å²) in [4.78, 5) is 24.4. The topological polar surface area (TPSA) is 55.8 Å². The van der Waals surface area contributed by atoms with Gasteiger partial charge in [0.1, 0.15) is 11.9 Å². The smallest absolute Gasteiger partial charge is 0.320 e. The van der Waals surface area contributed by atoms with Crippen molar-refractivity contribution in [2.24, 2.45) is 0 Å². The molecule has 1 unspecified atom stereocenters. The molecule has 0 radical (unpaired) electrons. The largest absolute Gasteiger partial charge is 0.459 e.